The summed E-state index contributed by atoms with van der Waals surface area (Å²) in [6.07, 6.45) is 0.832. The number of thiophene rings is 1. The first-order valence-electron chi connectivity index (χ1n) is 6.29. The first-order chi connectivity index (χ1) is 9.54. The number of nitrogens with two attached hydrogens (primary N) is 1. The lowest BCUT2D eigenvalue weighted by molar-refractivity contribution is 0.0991. The molecule has 0 spiro atoms. The molecule has 0 aliphatic carbocycles. The number of hydrogen-bond acceptors (Lipinski definition) is 3. The third-order valence-corrected chi connectivity index (χ3v) is 4.11. The molecule has 0 atom stereocenters. The third kappa shape index (κ3) is 2.72. The van der Waals surface area contributed by atoms with E-state index in [4.69, 9.17) is 5.73 Å². The number of nitrogens with zero attached hydrogens (tertiary/aromatic N) is 1. The van der Waals surface area contributed by atoms with Crippen LogP contribution in [0.3, 0.4) is 0 Å². The Morgan fingerprint density at radius 1 is 1.20 bits per heavy atom. The van der Waals surface area contributed by atoms with Crippen molar-refractivity contribution in [2.75, 3.05) is 11.9 Å². The molecule has 1 heterocycles. The van der Waals surface area contributed by atoms with Crippen LogP contribution in [0.2, 0.25) is 0 Å². The molecule has 0 aliphatic heterocycles. The Morgan fingerprint density at radius 2 is 1.85 bits per heavy atom. The molecule has 104 valence electrons. The molecule has 0 radical (unpaired) electrons. The number of primary amides is 1. The molecular weight excluding hydrogens is 272 g/mol. The van der Waals surface area contributed by atoms with Crippen molar-refractivity contribution in [1.29, 1.82) is 0 Å². The maximum absolute atomic E-state index is 12.4. The van der Waals surface area contributed by atoms with E-state index in [1.54, 1.807) is 36.2 Å². The molecule has 0 bridgehead atoms. The van der Waals surface area contributed by atoms with Crippen molar-refractivity contribution in [3.63, 3.8) is 0 Å². The van der Waals surface area contributed by atoms with Crippen molar-refractivity contribution in [3.05, 3.63) is 51.7 Å². The molecular formula is C15H16N2O2S. The third-order valence-electron chi connectivity index (χ3n) is 3.17. The second-order valence-electron chi connectivity index (χ2n) is 4.40. The van der Waals surface area contributed by atoms with Gasteiger partial charge in [-0.1, -0.05) is 6.92 Å². The Bertz CT molecular complexity index is 632. The highest BCUT2D eigenvalue weighted by molar-refractivity contribution is 7.12. The van der Waals surface area contributed by atoms with Gasteiger partial charge in [-0.15, -0.1) is 11.3 Å². The van der Waals surface area contributed by atoms with E-state index >= 15 is 0 Å². The van der Waals surface area contributed by atoms with Crippen LogP contribution >= 0.6 is 11.3 Å². The van der Waals surface area contributed by atoms with E-state index in [0.29, 0.717) is 5.56 Å². The van der Waals surface area contributed by atoms with E-state index in [0.717, 1.165) is 22.5 Å². The zero-order chi connectivity index (χ0) is 14.7. The van der Waals surface area contributed by atoms with Gasteiger partial charge in [-0.05, 0) is 47.7 Å². The molecule has 20 heavy (non-hydrogen) atoms. The van der Waals surface area contributed by atoms with Gasteiger partial charge < -0.3 is 10.6 Å². The topological polar surface area (TPSA) is 63.4 Å². The zero-order valence-corrected chi connectivity index (χ0v) is 12.2. The number of carbonyl (C=O) groups excluding carboxylic acids is 2. The van der Waals surface area contributed by atoms with Crippen LogP contribution in [-0.2, 0) is 6.42 Å². The van der Waals surface area contributed by atoms with Crippen molar-refractivity contribution in [1.82, 2.24) is 0 Å². The fraction of sp³-hybridized carbons (Fsp3) is 0.200. The van der Waals surface area contributed by atoms with Crippen molar-refractivity contribution in [2.45, 2.75) is 13.3 Å². The summed E-state index contributed by atoms with van der Waals surface area (Å²) in [6, 6.07) is 8.66. The smallest absolute Gasteiger partial charge is 0.268 e. The number of carbonyl (C=O) groups is 2. The molecule has 0 saturated heterocycles. The van der Waals surface area contributed by atoms with Gasteiger partial charge in [0.1, 0.15) is 0 Å². The minimum Gasteiger partial charge on any atom is -0.366 e. The average molecular weight is 288 g/mol. The fourth-order valence-corrected chi connectivity index (χ4v) is 2.89. The summed E-state index contributed by atoms with van der Waals surface area (Å²) in [5.74, 6) is -0.513. The van der Waals surface area contributed by atoms with Crippen LogP contribution in [0.15, 0.2) is 35.7 Å². The van der Waals surface area contributed by atoms with E-state index in [9.17, 15) is 9.59 Å². The monoisotopic (exact) mass is 288 g/mol. The van der Waals surface area contributed by atoms with E-state index in [-0.39, 0.29) is 5.91 Å². The summed E-state index contributed by atoms with van der Waals surface area (Å²) in [6.45, 7) is 2.03. The molecule has 2 rings (SSSR count). The van der Waals surface area contributed by atoms with Gasteiger partial charge in [0.2, 0.25) is 5.91 Å². The standard InChI is InChI=1S/C15H16N2O2S/c1-3-10-8-9-20-13(10)15(19)17(2)12-6-4-11(5-7-12)14(16)18/h4-9H,3H2,1-2H3,(H2,16,18). The molecule has 4 nitrogen and oxygen atoms in total. The van der Waals surface area contributed by atoms with Crippen molar-refractivity contribution < 1.29 is 9.59 Å². The summed E-state index contributed by atoms with van der Waals surface area (Å²) in [5.41, 5.74) is 7.42. The average Bonchev–Trinajstić information content (AvgIpc) is 2.94. The lowest BCUT2D eigenvalue weighted by Crippen LogP contribution is -2.26. The normalized spacial score (nSPS) is 10.3. The molecule has 2 N–H and O–H groups in total. The van der Waals surface area contributed by atoms with Gasteiger partial charge in [0, 0.05) is 18.3 Å². The zero-order valence-electron chi connectivity index (χ0n) is 11.4. The lowest BCUT2D eigenvalue weighted by Gasteiger charge is -2.17. The molecule has 1 aromatic heterocycles. The molecule has 0 unspecified atom stereocenters. The summed E-state index contributed by atoms with van der Waals surface area (Å²) in [5, 5.41) is 1.93. The van der Waals surface area contributed by atoms with Gasteiger partial charge in [0.25, 0.3) is 5.91 Å². The molecule has 5 heteroatoms. The van der Waals surface area contributed by atoms with Crippen LogP contribution < -0.4 is 10.6 Å². The number of anilines is 1. The number of aryl methyl sites for hydroxylation is 1. The van der Waals surface area contributed by atoms with Crippen LogP contribution in [0.5, 0.6) is 0 Å². The Labute approximate surface area is 121 Å². The highest BCUT2D eigenvalue weighted by Gasteiger charge is 2.17. The van der Waals surface area contributed by atoms with Gasteiger partial charge >= 0.3 is 0 Å². The van der Waals surface area contributed by atoms with Crippen molar-refractivity contribution in [3.8, 4) is 0 Å². The first kappa shape index (κ1) is 14.3. The number of benzene rings is 1. The summed E-state index contributed by atoms with van der Waals surface area (Å²) in [4.78, 5) is 25.8. The number of rotatable bonds is 4. The molecule has 0 fully saturated rings. The van der Waals surface area contributed by atoms with Crippen LogP contribution in [0, 0.1) is 0 Å². The Balaban J connectivity index is 2.24. The number of hydrogen-bond donors (Lipinski definition) is 1. The number of amides is 2. The largest absolute Gasteiger partial charge is 0.366 e. The predicted molar refractivity (Wildman–Crippen MR) is 81.4 cm³/mol. The molecule has 2 amide bonds. The van der Waals surface area contributed by atoms with Crippen molar-refractivity contribution >= 4 is 28.8 Å². The van der Waals surface area contributed by atoms with E-state index < -0.39 is 5.91 Å². The van der Waals surface area contributed by atoms with Gasteiger partial charge in [0.15, 0.2) is 0 Å². The molecule has 2 aromatic rings. The van der Waals surface area contributed by atoms with Crippen LogP contribution in [0.25, 0.3) is 0 Å². The highest BCUT2D eigenvalue weighted by atomic mass is 32.1. The van der Waals surface area contributed by atoms with Crippen molar-refractivity contribution in [2.24, 2.45) is 5.73 Å². The minimum absolute atomic E-state index is 0.0383. The SMILES string of the molecule is CCc1ccsc1C(=O)N(C)c1ccc(C(N)=O)cc1. The molecule has 1 aromatic carbocycles. The fourth-order valence-electron chi connectivity index (χ4n) is 1.92. The van der Waals surface area contributed by atoms with Crippen LogP contribution in [-0.4, -0.2) is 18.9 Å². The molecule has 0 aliphatic rings. The first-order valence-corrected chi connectivity index (χ1v) is 7.16. The highest BCUT2D eigenvalue weighted by Crippen LogP contribution is 2.22. The van der Waals surface area contributed by atoms with Crippen LogP contribution in [0.1, 0.15) is 32.5 Å². The Morgan fingerprint density at radius 3 is 2.40 bits per heavy atom. The minimum atomic E-state index is -0.475. The summed E-state index contributed by atoms with van der Waals surface area (Å²) < 4.78 is 0. The van der Waals surface area contributed by atoms with Gasteiger partial charge in [-0.2, -0.15) is 0 Å². The quantitative estimate of drug-likeness (QED) is 0.940. The predicted octanol–water partition coefficient (Wildman–Crippen LogP) is 2.69. The van der Waals surface area contributed by atoms with Crippen LogP contribution in [0.4, 0.5) is 5.69 Å². The lowest BCUT2D eigenvalue weighted by atomic mass is 10.1. The van der Waals surface area contributed by atoms with Gasteiger partial charge in [-0.3, -0.25) is 9.59 Å². The maximum atomic E-state index is 12.4. The second kappa shape index (κ2) is 5.88. The van der Waals surface area contributed by atoms with E-state index in [1.807, 2.05) is 18.4 Å². The van der Waals surface area contributed by atoms with E-state index in [1.165, 1.54) is 11.3 Å². The summed E-state index contributed by atoms with van der Waals surface area (Å²) >= 11 is 1.45. The second-order valence-corrected chi connectivity index (χ2v) is 5.32. The van der Waals surface area contributed by atoms with Gasteiger partial charge in [0.05, 0.1) is 4.88 Å². The Hall–Kier alpha value is -2.14. The maximum Gasteiger partial charge on any atom is 0.268 e. The van der Waals surface area contributed by atoms with Gasteiger partial charge in [-0.25, -0.2) is 0 Å². The molecule has 0 saturated carbocycles. The Kier molecular flexibility index (Phi) is 4.20. The van der Waals surface area contributed by atoms with E-state index in [2.05, 4.69) is 0 Å². The summed E-state index contributed by atoms with van der Waals surface area (Å²) in [7, 11) is 1.72.